The van der Waals surface area contributed by atoms with Gasteiger partial charge in [0.2, 0.25) is 16.9 Å². The summed E-state index contributed by atoms with van der Waals surface area (Å²) in [6.45, 7) is 0.529. The van der Waals surface area contributed by atoms with Crippen LogP contribution in [0.1, 0.15) is 39.3 Å². The summed E-state index contributed by atoms with van der Waals surface area (Å²) in [5.74, 6) is 2.89. The number of nitrogen functional groups attached to an aromatic ring is 1. The largest absolute Gasteiger partial charge is 0.481 e. The highest BCUT2D eigenvalue weighted by Gasteiger charge is 2.50. The molecule has 63 heavy (non-hydrogen) atoms. The Bertz CT molecular complexity index is 2120. The van der Waals surface area contributed by atoms with E-state index in [0.717, 1.165) is 74.6 Å². The number of carbonyl (C=O) groups is 3. The van der Waals surface area contributed by atoms with E-state index in [1.54, 1.807) is 47.0 Å². The van der Waals surface area contributed by atoms with Gasteiger partial charge in [0.15, 0.2) is 17.7 Å². The van der Waals surface area contributed by atoms with Crippen LogP contribution in [0.5, 0.6) is 0 Å². The third kappa shape index (κ3) is 15.4. The van der Waals surface area contributed by atoms with Gasteiger partial charge in [0.05, 0.1) is 24.1 Å². The monoisotopic (exact) mass is 1040 g/mol. The molecule has 7 atom stereocenters. The number of thioether (sulfide) groups is 5. The molecule has 2 aromatic rings. The van der Waals surface area contributed by atoms with Crippen LogP contribution in [0.25, 0.3) is 11.2 Å². The first-order valence-electron chi connectivity index (χ1n) is 18.9. The number of aromatic nitrogens is 4. The highest BCUT2D eigenvalue weighted by Crippen LogP contribution is 2.61. The number of ether oxygens (including phenoxy) is 1. The topological polar surface area (TPSA) is 364 Å². The Morgan fingerprint density at radius 3 is 2.35 bits per heavy atom. The number of phosphoric acid groups is 3. The molecule has 0 bridgehead atoms. The summed E-state index contributed by atoms with van der Waals surface area (Å²) >= 11 is 8.19. The van der Waals surface area contributed by atoms with Crippen molar-refractivity contribution in [3.8, 4) is 0 Å². The minimum absolute atomic E-state index is 0.00461. The number of carbonyl (C=O) groups excluding carboxylic acids is 3. The second-order valence-corrected chi connectivity index (χ2v) is 24.9. The molecular formula is C31H48N7O17P3S5. The Morgan fingerprint density at radius 2 is 1.67 bits per heavy atom. The van der Waals surface area contributed by atoms with Crippen molar-refractivity contribution in [2.75, 3.05) is 60.8 Å². The number of hydrogen-bond donors (Lipinski definition) is 9. The molecule has 0 saturated carbocycles. The van der Waals surface area contributed by atoms with E-state index >= 15 is 0 Å². The summed E-state index contributed by atoms with van der Waals surface area (Å²) in [6, 6.07) is 0. The minimum Gasteiger partial charge on any atom is -0.386 e. The molecule has 354 valence electrons. The number of aliphatic hydroxyl groups excluding tert-OH is 2. The fourth-order valence-electron chi connectivity index (χ4n) is 5.87. The van der Waals surface area contributed by atoms with Gasteiger partial charge in [-0.2, -0.15) is 4.31 Å². The lowest BCUT2D eigenvalue weighted by atomic mass is 9.87. The molecule has 2 aromatic heterocycles. The van der Waals surface area contributed by atoms with Gasteiger partial charge in [-0.1, -0.05) is 25.6 Å². The van der Waals surface area contributed by atoms with Gasteiger partial charge >= 0.3 is 23.5 Å². The van der Waals surface area contributed by atoms with Crippen molar-refractivity contribution in [1.29, 1.82) is 0 Å². The first-order valence-corrected chi connectivity index (χ1v) is 28.4. The van der Waals surface area contributed by atoms with Gasteiger partial charge in [0, 0.05) is 40.5 Å². The zero-order valence-electron chi connectivity index (χ0n) is 33.5. The number of nitrogens with two attached hydrogens (primary N) is 1. The lowest BCUT2D eigenvalue weighted by molar-refractivity contribution is -0.137. The van der Waals surface area contributed by atoms with Crippen LogP contribution in [0.4, 0.5) is 5.82 Å². The molecule has 2 unspecified atom stereocenters. The maximum atomic E-state index is 13.3. The number of aliphatic hydroxyl groups is 2. The van der Waals surface area contributed by atoms with Gasteiger partial charge in [0.25, 0.3) is 0 Å². The summed E-state index contributed by atoms with van der Waals surface area (Å²) in [6.07, 6.45) is -4.71. The van der Waals surface area contributed by atoms with E-state index in [1.807, 2.05) is 0 Å². The Labute approximate surface area is 381 Å². The van der Waals surface area contributed by atoms with Crippen molar-refractivity contribution in [3.05, 3.63) is 22.5 Å². The molecule has 5 heterocycles. The molecule has 2 amide bonds. The van der Waals surface area contributed by atoms with E-state index in [4.69, 9.17) is 19.5 Å². The van der Waals surface area contributed by atoms with Crippen molar-refractivity contribution in [3.63, 3.8) is 0 Å². The van der Waals surface area contributed by atoms with Crippen molar-refractivity contribution in [2.24, 2.45) is 5.41 Å². The van der Waals surface area contributed by atoms with E-state index in [2.05, 4.69) is 34.4 Å². The predicted molar refractivity (Wildman–Crippen MR) is 237 cm³/mol. The van der Waals surface area contributed by atoms with Crippen molar-refractivity contribution in [1.82, 2.24) is 30.2 Å². The molecule has 3 aliphatic rings. The maximum absolute atomic E-state index is 13.3. The summed E-state index contributed by atoms with van der Waals surface area (Å²) < 4.78 is 63.7. The zero-order valence-corrected chi connectivity index (χ0v) is 40.3. The molecule has 24 nitrogen and oxygen atoms in total. The molecule has 0 aliphatic carbocycles. The van der Waals surface area contributed by atoms with Crippen molar-refractivity contribution in [2.45, 2.75) is 68.3 Å². The lowest BCUT2D eigenvalue weighted by Gasteiger charge is -2.30. The molecule has 0 aromatic carbocycles. The normalized spacial score (nSPS) is 23.8. The Morgan fingerprint density at radius 1 is 1.00 bits per heavy atom. The number of nitrogens with one attached hydrogen (secondary N) is 2. The molecule has 3 aliphatic heterocycles. The SMILES string of the molecule is CC(C)(COP(=O)(O)OP(=O)(O)OC[C@H]1O[C@@H](n2cnc3c(N)ncnc32)[C@H](O)[C@@H]1OP(=O)(O)O)[C@@H](O)C(=O)NCCC(=O)NCCSC(=O)C(=C1SCCCS1)C1SCCCS1. The molecule has 3 saturated heterocycles. The van der Waals surface area contributed by atoms with Crippen LogP contribution < -0.4 is 16.4 Å². The molecule has 10 N–H and O–H groups in total. The average molecular weight is 1040 g/mol. The fourth-order valence-corrected chi connectivity index (χ4v) is 15.7. The molecule has 32 heteroatoms. The van der Waals surface area contributed by atoms with Crippen LogP contribution in [0.15, 0.2) is 22.5 Å². The number of fused-ring (bicyclic) bond motifs is 1. The summed E-state index contributed by atoms with van der Waals surface area (Å²) in [5, 5.41) is 26.7. The first-order chi connectivity index (χ1) is 29.6. The molecule has 3 fully saturated rings. The van der Waals surface area contributed by atoms with Crippen LogP contribution in [0.2, 0.25) is 0 Å². The Hall–Kier alpha value is -1.30. The van der Waals surface area contributed by atoms with Gasteiger partial charge < -0.3 is 50.9 Å². The lowest BCUT2D eigenvalue weighted by Crippen LogP contribution is -2.46. The molecule has 0 radical (unpaired) electrons. The third-order valence-corrected chi connectivity index (χ3v) is 18.6. The van der Waals surface area contributed by atoms with Gasteiger partial charge in [-0.05, 0) is 35.9 Å². The average Bonchev–Trinajstić information content (AvgIpc) is 3.78. The van der Waals surface area contributed by atoms with Crippen LogP contribution in [-0.2, 0) is 50.7 Å². The first kappa shape index (κ1) is 52.7. The quantitative estimate of drug-likeness (QED) is 0.0490. The number of hydrogen-bond acceptors (Lipinski definition) is 22. The number of imidazole rings is 1. The molecular weight excluding hydrogens is 996 g/mol. The van der Waals surface area contributed by atoms with Gasteiger partial charge in [0.1, 0.15) is 36.3 Å². The van der Waals surface area contributed by atoms with Gasteiger partial charge in [-0.3, -0.25) is 32.5 Å². The molecule has 5 rings (SSSR count). The maximum Gasteiger partial charge on any atom is 0.481 e. The number of anilines is 1. The van der Waals surface area contributed by atoms with Crippen LogP contribution in [0, 0.1) is 5.41 Å². The second kappa shape index (κ2) is 23.1. The smallest absolute Gasteiger partial charge is 0.386 e. The van der Waals surface area contributed by atoms with E-state index < -0.39 is 84.6 Å². The number of rotatable bonds is 21. The van der Waals surface area contributed by atoms with Crippen LogP contribution in [0.3, 0.4) is 0 Å². The van der Waals surface area contributed by atoms with Gasteiger partial charge in [-0.15, -0.1) is 47.0 Å². The number of phosphoric ester groups is 3. The summed E-state index contributed by atoms with van der Waals surface area (Å²) in [5.41, 5.74) is 5.13. The van der Waals surface area contributed by atoms with Gasteiger partial charge in [-0.25, -0.2) is 28.6 Å². The van der Waals surface area contributed by atoms with Crippen molar-refractivity contribution < 1.29 is 80.5 Å². The van der Waals surface area contributed by atoms with E-state index in [0.29, 0.717) is 5.75 Å². The Balaban J connectivity index is 1.04. The van der Waals surface area contributed by atoms with E-state index in [9.17, 15) is 57.9 Å². The minimum atomic E-state index is -5.58. The van der Waals surface area contributed by atoms with E-state index in [1.165, 1.54) is 13.8 Å². The number of amides is 2. The number of nitrogens with zero attached hydrogens (tertiary/aromatic N) is 4. The molecule has 0 spiro atoms. The summed E-state index contributed by atoms with van der Waals surface area (Å²) in [4.78, 5) is 89.7. The van der Waals surface area contributed by atoms with Crippen LogP contribution >= 0.6 is 82.3 Å². The fraction of sp³-hybridized carbons (Fsp3) is 0.677. The summed E-state index contributed by atoms with van der Waals surface area (Å²) in [7, 11) is -16.4. The highest BCUT2D eigenvalue weighted by atomic mass is 32.2. The zero-order chi connectivity index (χ0) is 46.2. The van der Waals surface area contributed by atoms with E-state index in [-0.39, 0.29) is 46.2 Å². The predicted octanol–water partition coefficient (Wildman–Crippen LogP) is 1.94. The standard InChI is InChI=1S/C31H48N7O17P3S5/c1-31(2,23(41)26(42)34-6-5-18(39)33-7-12-59-28(43)19(29-60-8-3-9-61-29)30-62-10-4-11-63-30)14-52-58(49,50)55-57(47,48)51-13-17-22(54-56(44,45)46)21(40)27(53-17)38-16-37-20-24(32)35-15-36-25(20)38/h15-17,21-23,27,29,40-41H,3-14H2,1-2H3,(H,33,39)(H,34,42)(H,47,48)(H,49,50)(H2,32,35,36)(H2,44,45,46)/t17-,21-,22-,23+,27-/m1/s1. The Kier molecular flexibility index (Phi) is 19.3. The highest BCUT2D eigenvalue weighted by molar-refractivity contribution is 8.23. The third-order valence-electron chi connectivity index (χ3n) is 8.99. The second-order valence-electron chi connectivity index (χ2n) is 14.4. The van der Waals surface area contributed by atoms with Crippen LogP contribution in [-0.4, -0.2) is 150 Å². The van der Waals surface area contributed by atoms with Crippen molar-refractivity contribution >= 4 is 116 Å².